The molecule has 0 aromatic rings. The summed E-state index contributed by atoms with van der Waals surface area (Å²) in [6.07, 6.45) is 11.6. The Kier molecular flexibility index (Phi) is 13.4. The summed E-state index contributed by atoms with van der Waals surface area (Å²) in [5, 5.41) is 0.429. The molecule has 0 bridgehead atoms. The van der Waals surface area contributed by atoms with Crippen molar-refractivity contribution < 1.29 is 13.3 Å². The summed E-state index contributed by atoms with van der Waals surface area (Å²) >= 11 is 4.67. The molecular formula is C15H34O3SSi. The van der Waals surface area contributed by atoms with Gasteiger partial charge in [-0.3, -0.25) is 0 Å². The fourth-order valence-electron chi connectivity index (χ4n) is 2.38. The van der Waals surface area contributed by atoms with Crippen molar-refractivity contribution in [3.8, 4) is 0 Å². The standard InChI is InChI=1S/C15H34O3SSi/c1-5-6-7-8-9-10-11-12-15(19)13-14-20(16-2,17-3)18-4/h15,19H,5-14H2,1-4H3. The summed E-state index contributed by atoms with van der Waals surface area (Å²) in [4.78, 5) is 0. The van der Waals surface area contributed by atoms with E-state index in [2.05, 4.69) is 19.6 Å². The maximum atomic E-state index is 5.43. The van der Waals surface area contributed by atoms with E-state index in [0.717, 1.165) is 12.5 Å². The lowest BCUT2D eigenvalue weighted by Crippen LogP contribution is -2.43. The summed E-state index contributed by atoms with van der Waals surface area (Å²) < 4.78 is 16.3. The van der Waals surface area contributed by atoms with Gasteiger partial charge in [-0.1, -0.05) is 51.9 Å². The SMILES string of the molecule is CCCCCCCCCC(S)CC[Si](OC)(OC)OC. The lowest BCUT2D eigenvalue weighted by Gasteiger charge is -2.25. The molecule has 0 aliphatic heterocycles. The van der Waals surface area contributed by atoms with Crippen LogP contribution >= 0.6 is 12.6 Å². The molecule has 0 radical (unpaired) electrons. The van der Waals surface area contributed by atoms with E-state index in [9.17, 15) is 0 Å². The first-order valence-electron chi connectivity index (χ1n) is 7.97. The molecule has 0 spiro atoms. The fraction of sp³-hybridized carbons (Fsp3) is 1.00. The van der Waals surface area contributed by atoms with E-state index in [1.54, 1.807) is 21.3 Å². The molecular weight excluding hydrogens is 288 g/mol. The van der Waals surface area contributed by atoms with E-state index in [1.165, 1.54) is 51.4 Å². The van der Waals surface area contributed by atoms with Gasteiger partial charge in [0.15, 0.2) is 0 Å². The molecule has 0 amide bonds. The van der Waals surface area contributed by atoms with E-state index in [1.807, 2.05) is 0 Å². The minimum absolute atomic E-state index is 0.429. The Hall–Kier alpha value is 0.447. The molecule has 20 heavy (non-hydrogen) atoms. The molecule has 0 saturated carbocycles. The third kappa shape index (κ3) is 9.40. The highest BCUT2D eigenvalue weighted by Crippen LogP contribution is 2.21. The topological polar surface area (TPSA) is 27.7 Å². The number of rotatable bonds is 14. The van der Waals surface area contributed by atoms with Crippen molar-refractivity contribution in [1.82, 2.24) is 0 Å². The Morgan fingerprint density at radius 1 is 0.800 bits per heavy atom. The second-order valence-electron chi connectivity index (χ2n) is 5.40. The maximum Gasteiger partial charge on any atom is 0.500 e. The van der Waals surface area contributed by atoms with E-state index in [0.29, 0.717) is 5.25 Å². The second-order valence-corrected chi connectivity index (χ2v) is 9.22. The van der Waals surface area contributed by atoms with Crippen molar-refractivity contribution in [3.63, 3.8) is 0 Å². The van der Waals surface area contributed by atoms with E-state index in [4.69, 9.17) is 13.3 Å². The highest BCUT2D eigenvalue weighted by molar-refractivity contribution is 7.80. The average molecular weight is 323 g/mol. The molecule has 0 aromatic heterocycles. The molecule has 0 aromatic carbocycles. The van der Waals surface area contributed by atoms with Gasteiger partial charge in [0.2, 0.25) is 0 Å². The van der Waals surface area contributed by atoms with E-state index in [-0.39, 0.29) is 0 Å². The molecule has 5 heteroatoms. The van der Waals surface area contributed by atoms with Gasteiger partial charge in [-0.15, -0.1) is 0 Å². The van der Waals surface area contributed by atoms with Gasteiger partial charge in [0, 0.05) is 32.6 Å². The average Bonchev–Trinajstić information content (AvgIpc) is 2.48. The van der Waals surface area contributed by atoms with Gasteiger partial charge in [0.25, 0.3) is 0 Å². The van der Waals surface area contributed by atoms with Crippen LogP contribution in [0.5, 0.6) is 0 Å². The summed E-state index contributed by atoms with van der Waals surface area (Å²) in [5.74, 6) is 0. The van der Waals surface area contributed by atoms with Crippen LogP contribution in [0.4, 0.5) is 0 Å². The normalized spacial score (nSPS) is 13.7. The van der Waals surface area contributed by atoms with Crippen molar-refractivity contribution in [2.45, 2.75) is 76.0 Å². The Morgan fingerprint density at radius 2 is 1.30 bits per heavy atom. The van der Waals surface area contributed by atoms with Crippen LogP contribution in [0.25, 0.3) is 0 Å². The third-order valence-electron chi connectivity index (χ3n) is 3.86. The van der Waals surface area contributed by atoms with Crippen LogP contribution in [0.15, 0.2) is 0 Å². The van der Waals surface area contributed by atoms with Crippen molar-refractivity contribution in [2.24, 2.45) is 0 Å². The Bertz CT molecular complexity index is 205. The van der Waals surface area contributed by atoms with E-state index < -0.39 is 8.80 Å². The minimum atomic E-state index is -2.40. The zero-order valence-electron chi connectivity index (χ0n) is 13.8. The van der Waals surface area contributed by atoms with Crippen molar-refractivity contribution in [2.75, 3.05) is 21.3 Å². The predicted molar refractivity (Wildman–Crippen MR) is 91.6 cm³/mol. The number of thiol groups is 1. The lowest BCUT2D eigenvalue weighted by atomic mass is 10.1. The molecule has 0 N–H and O–H groups in total. The highest BCUT2D eigenvalue weighted by atomic mass is 32.1. The summed E-state index contributed by atoms with van der Waals surface area (Å²) in [6, 6.07) is 0.848. The Labute approximate surface area is 132 Å². The number of hydrogen-bond donors (Lipinski definition) is 1. The molecule has 0 aliphatic rings. The lowest BCUT2D eigenvalue weighted by molar-refractivity contribution is 0.123. The van der Waals surface area contributed by atoms with Crippen LogP contribution < -0.4 is 0 Å². The minimum Gasteiger partial charge on any atom is -0.377 e. The van der Waals surface area contributed by atoms with Gasteiger partial charge in [-0.25, -0.2) is 0 Å². The highest BCUT2D eigenvalue weighted by Gasteiger charge is 2.37. The third-order valence-corrected chi connectivity index (χ3v) is 7.14. The smallest absolute Gasteiger partial charge is 0.377 e. The maximum absolute atomic E-state index is 5.43. The second kappa shape index (κ2) is 13.1. The molecule has 1 atom stereocenters. The van der Waals surface area contributed by atoms with Crippen molar-refractivity contribution in [1.29, 1.82) is 0 Å². The monoisotopic (exact) mass is 322 g/mol. The van der Waals surface area contributed by atoms with E-state index >= 15 is 0 Å². The van der Waals surface area contributed by atoms with Crippen LogP contribution in [0.1, 0.15) is 64.7 Å². The van der Waals surface area contributed by atoms with Gasteiger partial charge < -0.3 is 13.3 Å². The summed E-state index contributed by atoms with van der Waals surface area (Å²) in [6.45, 7) is 2.26. The summed E-state index contributed by atoms with van der Waals surface area (Å²) in [5.41, 5.74) is 0. The van der Waals surface area contributed by atoms with Gasteiger partial charge in [-0.05, 0) is 12.8 Å². The van der Waals surface area contributed by atoms with Gasteiger partial charge in [0.05, 0.1) is 0 Å². The first-order valence-corrected chi connectivity index (χ1v) is 10.4. The first kappa shape index (κ1) is 20.4. The first-order chi connectivity index (χ1) is 9.64. The summed E-state index contributed by atoms with van der Waals surface area (Å²) in [7, 11) is 2.61. The molecule has 1 unspecified atom stereocenters. The van der Waals surface area contributed by atoms with Gasteiger partial charge in [0.1, 0.15) is 0 Å². The molecule has 0 fully saturated rings. The number of hydrogen-bond acceptors (Lipinski definition) is 4. The molecule has 0 rings (SSSR count). The molecule has 3 nitrogen and oxygen atoms in total. The molecule has 0 aliphatic carbocycles. The molecule has 0 saturated heterocycles. The fourth-order valence-corrected chi connectivity index (χ4v) is 4.75. The quantitative estimate of drug-likeness (QED) is 0.285. The van der Waals surface area contributed by atoms with Crippen LogP contribution in [-0.4, -0.2) is 35.4 Å². The van der Waals surface area contributed by atoms with Gasteiger partial charge in [-0.2, -0.15) is 12.6 Å². The molecule has 122 valence electrons. The number of unbranched alkanes of at least 4 members (excludes halogenated alkanes) is 6. The van der Waals surface area contributed by atoms with Crippen LogP contribution in [-0.2, 0) is 13.3 Å². The zero-order valence-corrected chi connectivity index (χ0v) is 15.7. The van der Waals surface area contributed by atoms with Crippen LogP contribution in [0, 0.1) is 0 Å². The Balaban J connectivity index is 3.60. The van der Waals surface area contributed by atoms with Crippen LogP contribution in [0.3, 0.4) is 0 Å². The van der Waals surface area contributed by atoms with Gasteiger partial charge >= 0.3 is 8.80 Å². The Morgan fingerprint density at radius 3 is 1.80 bits per heavy atom. The zero-order chi connectivity index (χ0) is 15.3. The molecule has 0 heterocycles. The van der Waals surface area contributed by atoms with Crippen LogP contribution in [0.2, 0.25) is 6.04 Å². The van der Waals surface area contributed by atoms with Crippen molar-refractivity contribution >= 4 is 21.4 Å². The largest absolute Gasteiger partial charge is 0.500 e. The predicted octanol–water partition coefficient (Wildman–Crippen LogP) is 4.69. The van der Waals surface area contributed by atoms with Crippen molar-refractivity contribution in [3.05, 3.63) is 0 Å².